The van der Waals surface area contributed by atoms with E-state index in [9.17, 15) is 9.90 Å². The molecule has 0 amide bonds. The van der Waals surface area contributed by atoms with Gasteiger partial charge in [0.1, 0.15) is 18.2 Å². The van der Waals surface area contributed by atoms with E-state index in [0.29, 0.717) is 35.5 Å². The number of ether oxygens (including phenoxy) is 1. The SMILES string of the molecule is Cn1c(C(O)c2cc(-c3ncnc4cc(N5CCOCC5)ccc34)c(F)cc2N)cccc1=O. The van der Waals surface area contributed by atoms with Crippen molar-refractivity contribution in [1.82, 2.24) is 14.5 Å². The molecular formula is C25H24FN5O3. The molecular weight excluding hydrogens is 437 g/mol. The molecule has 1 saturated heterocycles. The van der Waals surface area contributed by atoms with E-state index in [-0.39, 0.29) is 22.4 Å². The number of aromatic nitrogens is 3. The van der Waals surface area contributed by atoms with Crippen LogP contribution >= 0.6 is 0 Å². The minimum atomic E-state index is -1.22. The van der Waals surface area contributed by atoms with Crippen LogP contribution in [0, 0.1) is 5.82 Å². The summed E-state index contributed by atoms with van der Waals surface area (Å²) in [5, 5.41) is 11.7. The Kier molecular flexibility index (Phi) is 5.72. The number of hydrogen-bond donors (Lipinski definition) is 2. The normalized spacial score (nSPS) is 15.0. The Bertz CT molecular complexity index is 1430. The molecule has 2 aromatic heterocycles. The summed E-state index contributed by atoms with van der Waals surface area (Å²) in [6, 6.07) is 13.0. The van der Waals surface area contributed by atoms with Gasteiger partial charge >= 0.3 is 0 Å². The number of nitrogens with two attached hydrogens (primary N) is 1. The summed E-state index contributed by atoms with van der Waals surface area (Å²) >= 11 is 0. The Morgan fingerprint density at radius 3 is 2.71 bits per heavy atom. The smallest absolute Gasteiger partial charge is 0.250 e. The Balaban J connectivity index is 1.60. The van der Waals surface area contributed by atoms with E-state index in [4.69, 9.17) is 10.5 Å². The molecule has 34 heavy (non-hydrogen) atoms. The van der Waals surface area contributed by atoms with Crippen LogP contribution in [-0.2, 0) is 11.8 Å². The first kappa shape index (κ1) is 22.0. The van der Waals surface area contributed by atoms with Crippen molar-refractivity contribution in [1.29, 1.82) is 0 Å². The molecule has 1 unspecified atom stereocenters. The third-order valence-corrected chi connectivity index (χ3v) is 6.22. The molecule has 0 radical (unpaired) electrons. The van der Waals surface area contributed by atoms with E-state index >= 15 is 4.39 Å². The Labute approximate surface area is 195 Å². The molecule has 3 N–H and O–H groups in total. The Morgan fingerprint density at radius 1 is 1.12 bits per heavy atom. The molecule has 0 spiro atoms. The molecule has 0 aliphatic carbocycles. The number of hydrogen-bond acceptors (Lipinski definition) is 7. The number of aliphatic hydroxyl groups excluding tert-OH is 1. The Morgan fingerprint density at radius 2 is 1.91 bits per heavy atom. The molecule has 0 saturated carbocycles. The molecule has 0 bridgehead atoms. The van der Waals surface area contributed by atoms with E-state index in [1.807, 2.05) is 18.2 Å². The summed E-state index contributed by atoms with van der Waals surface area (Å²) in [5.74, 6) is -0.562. The summed E-state index contributed by atoms with van der Waals surface area (Å²) in [6.07, 6.45) is 0.173. The van der Waals surface area contributed by atoms with Gasteiger partial charge in [-0.15, -0.1) is 0 Å². The molecule has 9 heteroatoms. The summed E-state index contributed by atoms with van der Waals surface area (Å²) in [7, 11) is 1.56. The van der Waals surface area contributed by atoms with E-state index in [2.05, 4.69) is 14.9 Å². The molecule has 1 aliphatic heterocycles. The van der Waals surface area contributed by atoms with Gasteiger partial charge in [-0.3, -0.25) is 4.79 Å². The molecule has 3 heterocycles. The zero-order valence-electron chi connectivity index (χ0n) is 18.6. The molecule has 174 valence electrons. The van der Waals surface area contributed by atoms with Crippen LogP contribution in [0.3, 0.4) is 0 Å². The van der Waals surface area contributed by atoms with E-state index in [1.54, 1.807) is 19.2 Å². The fourth-order valence-electron chi connectivity index (χ4n) is 4.32. The van der Waals surface area contributed by atoms with Crippen LogP contribution in [0.15, 0.2) is 59.7 Å². The first-order valence-electron chi connectivity index (χ1n) is 10.9. The van der Waals surface area contributed by atoms with Crippen molar-refractivity contribution >= 4 is 22.3 Å². The van der Waals surface area contributed by atoms with Crippen LogP contribution < -0.4 is 16.2 Å². The molecule has 1 aliphatic rings. The number of halogens is 1. The summed E-state index contributed by atoms with van der Waals surface area (Å²) < 4.78 is 21.9. The zero-order chi connectivity index (χ0) is 23.8. The molecule has 1 atom stereocenters. The van der Waals surface area contributed by atoms with E-state index in [1.165, 1.54) is 29.1 Å². The number of morpholine rings is 1. The fraction of sp³-hybridized carbons (Fsp3) is 0.240. The lowest BCUT2D eigenvalue weighted by atomic mass is 9.97. The minimum absolute atomic E-state index is 0.0815. The number of nitrogens with zero attached hydrogens (tertiary/aromatic N) is 4. The molecule has 8 nitrogen and oxygen atoms in total. The highest BCUT2D eigenvalue weighted by Crippen LogP contribution is 2.35. The van der Waals surface area contributed by atoms with Crippen molar-refractivity contribution < 1.29 is 14.2 Å². The van der Waals surface area contributed by atoms with Gasteiger partial charge in [0.2, 0.25) is 0 Å². The monoisotopic (exact) mass is 461 g/mol. The number of anilines is 2. The maximum Gasteiger partial charge on any atom is 0.250 e. The molecule has 2 aromatic carbocycles. The number of rotatable bonds is 4. The number of aliphatic hydroxyl groups is 1. The van der Waals surface area contributed by atoms with Crippen molar-refractivity contribution in [2.24, 2.45) is 7.05 Å². The van der Waals surface area contributed by atoms with Gasteiger partial charge in [-0.2, -0.15) is 0 Å². The zero-order valence-corrected chi connectivity index (χ0v) is 18.6. The van der Waals surface area contributed by atoms with Gasteiger partial charge in [-0.25, -0.2) is 14.4 Å². The average molecular weight is 461 g/mol. The van der Waals surface area contributed by atoms with Gasteiger partial charge in [-0.1, -0.05) is 6.07 Å². The second-order valence-electron chi connectivity index (χ2n) is 8.23. The maximum atomic E-state index is 15.1. The van der Waals surface area contributed by atoms with Gasteiger partial charge in [0.15, 0.2) is 0 Å². The van der Waals surface area contributed by atoms with Gasteiger partial charge in [0.25, 0.3) is 5.56 Å². The minimum Gasteiger partial charge on any atom is -0.398 e. The number of pyridine rings is 1. The Hall–Kier alpha value is -3.82. The largest absolute Gasteiger partial charge is 0.398 e. The topological polar surface area (TPSA) is 106 Å². The predicted octanol–water partition coefficient (Wildman–Crippen LogP) is 2.64. The number of benzene rings is 2. The third kappa shape index (κ3) is 3.89. The number of nitrogen functional groups attached to an aromatic ring is 1. The first-order valence-corrected chi connectivity index (χ1v) is 10.9. The van der Waals surface area contributed by atoms with Gasteiger partial charge < -0.3 is 25.0 Å². The van der Waals surface area contributed by atoms with Gasteiger partial charge in [0.05, 0.1) is 30.1 Å². The lowest BCUT2D eigenvalue weighted by molar-refractivity contribution is 0.122. The highest BCUT2D eigenvalue weighted by Gasteiger charge is 2.21. The molecule has 4 aromatic rings. The van der Waals surface area contributed by atoms with Crippen molar-refractivity contribution in [3.05, 3.63) is 82.3 Å². The van der Waals surface area contributed by atoms with Crippen molar-refractivity contribution in [3.8, 4) is 11.3 Å². The summed E-state index contributed by atoms with van der Waals surface area (Å²) in [4.78, 5) is 23.0. The molecule has 1 fully saturated rings. The fourth-order valence-corrected chi connectivity index (χ4v) is 4.32. The summed E-state index contributed by atoms with van der Waals surface area (Å²) in [5.41, 5.74) is 8.80. The van der Waals surface area contributed by atoms with E-state index < -0.39 is 11.9 Å². The standard InChI is InChI=1S/C25H24FN5O3/c1-30-22(3-2-4-23(30)32)25(33)18-12-17(19(26)13-20(18)27)24-16-6-5-15(11-21(16)28-14-29-24)31-7-9-34-10-8-31/h2-6,11-14,25,33H,7-10,27H2,1H3. The lowest BCUT2D eigenvalue weighted by Crippen LogP contribution is -2.36. The number of fused-ring (bicyclic) bond motifs is 1. The second kappa shape index (κ2) is 8.85. The van der Waals surface area contributed by atoms with Crippen LogP contribution in [0.1, 0.15) is 17.4 Å². The summed E-state index contributed by atoms with van der Waals surface area (Å²) in [6.45, 7) is 2.92. The van der Waals surface area contributed by atoms with E-state index in [0.717, 1.165) is 18.8 Å². The van der Waals surface area contributed by atoms with Gasteiger partial charge in [0, 0.05) is 54.1 Å². The highest BCUT2D eigenvalue weighted by molar-refractivity contribution is 5.94. The van der Waals surface area contributed by atoms with Crippen LogP contribution in [0.4, 0.5) is 15.8 Å². The maximum absolute atomic E-state index is 15.1. The van der Waals surface area contributed by atoms with Crippen LogP contribution in [0.5, 0.6) is 0 Å². The average Bonchev–Trinajstić information content (AvgIpc) is 2.85. The van der Waals surface area contributed by atoms with Crippen LogP contribution in [0.25, 0.3) is 22.2 Å². The second-order valence-corrected chi connectivity index (χ2v) is 8.23. The van der Waals surface area contributed by atoms with Crippen LogP contribution in [-0.4, -0.2) is 45.9 Å². The third-order valence-electron chi connectivity index (χ3n) is 6.22. The lowest BCUT2D eigenvalue weighted by Gasteiger charge is -2.29. The molecule has 5 rings (SSSR count). The van der Waals surface area contributed by atoms with Crippen LogP contribution in [0.2, 0.25) is 0 Å². The van der Waals surface area contributed by atoms with Crippen molar-refractivity contribution in [2.45, 2.75) is 6.10 Å². The van der Waals surface area contributed by atoms with Crippen molar-refractivity contribution in [3.63, 3.8) is 0 Å². The quantitative estimate of drug-likeness (QED) is 0.450. The predicted molar refractivity (Wildman–Crippen MR) is 128 cm³/mol. The van der Waals surface area contributed by atoms with Crippen molar-refractivity contribution in [2.75, 3.05) is 36.9 Å². The first-order chi connectivity index (χ1) is 16.4. The highest BCUT2D eigenvalue weighted by atomic mass is 19.1. The van der Waals surface area contributed by atoms with Gasteiger partial charge in [-0.05, 0) is 36.4 Å².